The molecule has 0 saturated carbocycles. The Morgan fingerprint density at radius 2 is 2.33 bits per heavy atom. The molecule has 0 fully saturated rings. The van der Waals surface area contributed by atoms with Crippen LogP contribution in [0.15, 0.2) is 12.1 Å². The van der Waals surface area contributed by atoms with Gasteiger partial charge in [0.05, 0.1) is 9.34 Å². The minimum Gasteiger partial charge on any atom is -0.328 e. The van der Waals surface area contributed by atoms with Crippen molar-refractivity contribution in [3.63, 3.8) is 0 Å². The topological polar surface area (TPSA) is 46.3 Å². The van der Waals surface area contributed by atoms with Gasteiger partial charge >= 0.3 is 0 Å². The van der Waals surface area contributed by atoms with Gasteiger partial charge in [0.1, 0.15) is 0 Å². The Morgan fingerprint density at radius 3 is 2.80 bits per heavy atom. The Balaban J connectivity index is 2.53. The lowest BCUT2D eigenvalue weighted by Gasteiger charge is -2.15. The molecule has 1 rings (SSSR count). The maximum absolute atomic E-state index is 11.7. The Bertz CT molecular complexity index is 338. The first-order chi connectivity index (χ1) is 7.00. The van der Waals surface area contributed by atoms with Gasteiger partial charge in [0.25, 0.3) is 0 Å². The number of hydrogen-bond donors (Lipinski definition) is 1. The maximum atomic E-state index is 11.7. The van der Waals surface area contributed by atoms with Gasteiger partial charge in [0, 0.05) is 19.5 Å². The molecule has 3 nitrogen and oxygen atoms in total. The molecule has 0 aliphatic carbocycles. The summed E-state index contributed by atoms with van der Waals surface area (Å²) in [6.45, 7) is 1.90. The number of rotatable bonds is 4. The van der Waals surface area contributed by atoms with Crippen LogP contribution in [0, 0.1) is 0 Å². The average molecular weight is 247 g/mol. The fourth-order valence-corrected chi connectivity index (χ4v) is 2.14. The smallest absolute Gasteiger partial charge is 0.227 e. The van der Waals surface area contributed by atoms with Crippen LogP contribution in [0.5, 0.6) is 0 Å². The highest BCUT2D eigenvalue weighted by Crippen LogP contribution is 2.29. The lowest BCUT2D eigenvalue weighted by molar-refractivity contribution is -0.118. The molecule has 5 heteroatoms. The van der Waals surface area contributed by atoms with Crippen LogP contribution in [0.1, 0.15) is 19.8 Å². The van der Waals surface area contributed by atoms with Crippen molar-refractivity contribution in [2.75, 3.05) is 11.9 Å². The predicted molar refractivity (Wildman–Crippen MR) is 65.6 cm³/mol. The quantitative estimate of drug-likeness (QED) is 0.887. The summed E-state index contributed by atoms with van der Waals surface area (Å²) in [4.78, 5) is 13.3. The SMILES string of the molecule is CC(N)CCC(=O)N(C)c1ccc(Cl)s1. The van der Waals surface area contributed by atoms with Crippen LogP contribution in [0.3, 0.4) is 0 Å². The second-order valence-corrected chi connectivity index (χ2v) is 5.24. The van der Waals surface area contributed by atoms with Gasteiger partial charge in [-0.1, -0.05) is 11.6 Å². The van der Waals surface area contributed by atoms with Gasteiger partial charge in [-0.3, -0.25) is 4.79 Å². The molecular formula is C10H15ClN2OS. The van der Waals surface area contributed by atoms with E-state index in [0.717, 1.165) is 5.00 Å². The molecule has 1 atom stereocenters. The highest BCUT2D eigenvalue weighted by Gasteiger charge is 2.12. The van der Waals surface area contributed by atoms with Crippen LogP contribution < -0.4 is 10.6 Å². The maximum Gasteiger partial charge on any atom is 0.227 e. The Hall–Kier alpha value is -0.580. The van der Waals surface area contributed by atoms with Crippen molar-refractivity contribution in [1.82, 2.24) is 0 Å². The molecule has 1 amide bonds. The molecule has 0 aliphatic rings. The molecule has 0 aromatic carbocycles. The molecule has 84 valence electrons. The first-order valence-corrected chi connectivity index (χ1v) is 5.97. The molecule has 0 aliphatic heterocycles. The molecule has 1 aromatic heterocycles. The molecule has 0 radical (unpaired) electrons. The van der Waals surface area contributed by atoms with Crippen molar-refractivity contribution in [1.29, 1.82) is 0 Å². The predicted octanol–water partition coefficient (Wildman–Crippen LogP) is 2.49. The van der Waals surface area contributed by atoms with E-state index in [1.165, 1.54) is 11.3 Å². The number of carbonyl (C=O) groups is 1. The third kappa shape index (κ3) is 3.81. The second-order valence-electron chi connectivity index (χ2n) is 3.55. The van der Waals surface area contributed by atoms with Crippen LogP contribution >= 0.6 is 22.9 Å². The van der Waals surface area contributed by atoms with E-state index in [1.807, 2.05) is 13.0 Å². The summed E-state index contributed by atoms with van der Waals surface area (Å²) >= 11 is 7.19. The molecular weight excluding hydrogens is 232 g/mol. The summed E-state index contributed by atoms with van der Waals surface area (Å²) in [6.07, 6.45) is 1.19. The average Bonchev–Trinajstić information content (AvgIpc) is 2.60. The highest BCUT2D eigenvalue weighted by atomic mass is 35.5. The molecule has 1 heterocycles. The number of carbonyl (C=O) groups excluding carboxylic acids is 1. The normalized spacial score (nSPS) is 12.5. The van der Waals surface area contributed by atoms with Crippen molar-refractivity contribution in [3.05, 3.63) is 16.5 Å². The monoisotopic (exact) mass is 246 g/mol. The van der Waals surface area contributed by atoms with Gasteiger partial charge in [-0.05, 0) is 25.5 Å². The van der Waals surface area contributed by atoms with Gasteiger partial charge in [-0.2, -0.15) is 0 Å². The largest absolute Gasteiger partial charge is 0.328 e. The molecule has 15 heavy (non-hydrogen) atoms. The summed E-state index contributed by atoms with van der Waals surface area (Å²) in [7, 11) is 1.76. The van der Waals surface area contributed by atoms with E-state index in [0.29, 0.717) is 17.2 Å². The fourth-order valence-electron chi connectivity index (χ4n) is 1.13. The van der Waals surface area contributed by atoms with Gasteiger partial charge in [0.2, 0.25) is 5.91 Å². The molecule has 2 N–H and O–H groups in total. The lowest BCUT2D eigenvalue weighted by atomic mass is 10.2. The number of nitrogens with zero attached hydrogens (tertiary/aromatic N) is 1. The fraction of sp³-hybridized carbons (Fsp3) is 0.500. The molecule has 0 saturated heterocycles. The van der Waals surface area contributed by atoms with Gasteiger partial charge < -0.3 is 10.6 Å². The summed E-state index contributed by atoms with van der Waals surface area (Å²) in [5, 5.41) is 0.870. The number of anilines is 1. The van der Waals surface area contributed by atoms with E-state index in [-0.39, 0.29) is 11.9 Å². The lowest BCUT2D eigenvalue weighted by Crippen LogP contribution is -2.27. The zero-order valence-corrected chi connectivity index (χ0v) is 10.4. The van der Waals surface area contributed by atoms with E-state index in [9.17, 15) is 4.79 Å². The standard InChI is InChI=1S/C10H15ClN2OS/c1-7(12)3-5-9(14)13(2)10-6-4-8(11)15-10/h4,6-7H,3,5,12H2,1-2H3. The van der Waals surface area contributed by atoms with Crippen LogP contribution in [-0.2, 0) is 4.79 Å². The van der Waals surface area contributed by atoms with E-state index in [4.69, 9.17) is 17.3 Å². The first-order valence-electron chi connectivity index (χ1n) is 4.78. The first kappa shape index (κ1) is 12.5. The van der Waals surface area contributed by atoms with Crippen LogP contribution in [0.25, 0.3) is 0 Å². The molecule has 1 unspecified atom stereocenters. The molecule has 0 bridgehead atoms. The Kier molecular flexibility index (Phi) is 4.57. The molecule has 0 spiro atoms. The van der Waals surface area contributed by atoms with Crippen LogP contribution in [0.2, 0.25) is 4.34 Å². The minimum atomic E-state index is 0.0641. The summed E-state index contributed by atoms with van der Waals surface area (Å²) in [6, 6.07) is 3.70. The van der Waals surface area contributed by atoms with E-state index in [1.54, 1.807) is 18.0 Å². The van der Waals surface area contributed by atoms with Crippen molar-refractivity contribution >= 4 is 33.8 Å². The van der Waals surface area contributed by atoms with Crippen LogP contribution in [-0.4, -0.2) is 19.0 Å². The van der Waals surface area contributed by atoms with Crippen molar-refractivity contribution in [2.24, 2.45) is 5.73 Å². The number of amides is 1. The van der Waals surface area contributed by atoms with Gasteiger partial charge in [0.15, 0.2) is 0 Å². The van der Waals surface area contributed by atoms with Crippen molar-refractivity contribution < 1.29 is 4.79 Å². The Labute approximate surface area is 98.8 Å². The van der Waals surface area contributed by atoms with Gasteiger partial charge in [-0.15, -0.1) is 11.3 Å². The number of thiophene rings is 1. The number of halogens is 1. The van der Waals surface area contributed by atoms with E-state index >= 15 is 0 Å². The molecule has 1 aromatic rings. The third-order valence-electron chi connectivity index (χ3n) is 2.08. The van der Waals surface area contributed by atoms with Gasteiger partial charge in [-0.25, -0.2) is 0 Å². The Morgan fingerprint density at radius 1 is 1.67 bits per heavy atom. The minimum absolute atomic E-state index is 0.0641. The number of nitrogens with two attached hydrogens (primary N) is 1. The van der Waals surface area contributed by atoms with Crippen molar-refractivity contribution in [2.45, 2.75) is 25.8 Å². The zero-order valence-electron chi connectivity index (χ0n) is 8.87. The number of hydrogen-bond acceptors (Lipinski definition) is 3. The summed E-state index contributed by atoms with van der Waals surface area (Å²) in [5.41, 5.74) is 5.59. The summed E-state index contributed by atoms with van der Waals surface area (Å²) < 4.78 is 0.692. The van der Waals surface area contributed by atoms with E-state index < -0.39 is 0 Å². The third-order valence-corrected chi connectivity index (χ3v) is 3.38. The van der Waals surface area contributed by atoms with Crippen molar-refractivity contribution in [3.8, 4) is 0 Å². The highest BCUT2D eigenvalue weighted by molar-refractivity contribution is 7.20. The van der Waals surface area contributed by atoms with E-state index in [2.05, 4.69) is 0 Å². The zero-order chi connectivity index (χ0) is 11.4. The second kappa shape index (κ2) is 5.49. The summed E-state index contributed by atoms with van der Waals surface area (Å²) in [5.74, 6) is 0.0748. The van der Waals surface area contributed by atoms with Crippen LogP contribution in [0.4, 0.5) is 5.00 Å².